The Kier molecular flexibility index (Phi) is 4.87. The van der Waals surface area contributed by atoms with Crippen molar-refractivity contribution in [3.05, 3.63) is 105 Å². The molecule has 1 amide bonds. The number of carbonyl (C=O) groups excluding carboxylic acids is 1. The van der Waals surface area contributed by atoms with Crippen molar-refractivity contribution in [3.63, 3.8) is 0 Å². The van der Waals surface area contributed by atoms with Gasteiger partial charge in [0.05, 0.1) is 0 Å². The fourth-order valence-electron chi connectivity index (χ4n) is 3.21. The zero-order valence-corrected chi connectivity index (χ0v) is 15.7. The Morgan fingerprint density at radius 3 is 2.52 bits per heavy atom. The number of aromatic nitrogens is 2. The second-order valence-electron chi connectivity index (χ2n) is 6.72. The van der Waals surface area contributed by atoms with Gasteiger partial charge in [0.25, 0.3) is 5.56 Å². The van der Waals surface area contributed by atoms with E-state index in [1.54, 1.807) is 0 Å². The van der Waals surface area contributed by atoms with Crippen LogP contribution in [0.2, 0.25) is 0 Å². The second kappa shape index (κ2) is 7.63. The van der Waals surface area contributed by atoms with E-state index >= 15 is 0 Å². The standard InChI is InChI=1S/C22H19N3O4/c1-24-20(27)11-12-25(22(24)28)14-19(26)23-21(15-7-3-2-4-8-15)18-13-16-9-5-6-10-17(16)29-18/h2-13,21H,14H2,1H3,(H,23,26). The first-order valence-electron chi connectivity index (χ1n) is 9.12. The number of carbonyl (C=O) groups is 1. The normalized spacial score (nSPS) is 12.0. The first kappa shape index (κ1) is 18.5. The fourth-order valence-corrected chi connectivity index (χ4v) is 3.21. The van der Waals surface area contributed by atoms with E-state index < -0.39 is 17.3 Å². The summed E-state index contributed by atoms with van der Waals surface area (Å²) in [7, 11) is 1.38. The summed E-state index contributed by atoms with van der Waals surface area (Å²) in [5.41, 5.74) is 0.614. The van der Waals surface area contributed by atoms with E-state index in [1.165, 1.54) is 23.9 Å². The van der Waals surface area contributed by atoms with Gasteiger partial charge < -0.3 is 9.73 Å². The summed E-state index contributed by atoms with van der Waals surface area (Å²) in [6.45, 7) is -0.212. The Hall–Kier alpha value is -3.87. The largest absolute Gasteiger partial charge is 0.459 e. The topological polar surface area (TPSA) is 86.2 Å². The summed E-state index contributed by atoms with van der Waals surface area (Å²) in [5, 5.41) is 3.88. The monoisotopic (exact) mass is 389 g/mol. The predicted molar refractivity (Wildman–Crippen MR) is 109 cm³/mol. The van der Waals surface area contributed by atoms with Crippen LogP contribution in [0.3, 0.4) is 0 Å². The van der Waals surface area contributed by atoms with Gasteiger partial charge in [-0.3, -0.25) is 18.7 Å². The van der Waals surface area contributed by atoms with Gasteiger partial charge >= 0.3 is 5.69 Å². The van der Waals surface area contributed by atoms with E-state index in [2.05, 4.69) is 5.32 Å². The van der Waals surface area contributed by atoms with Gasteiger partial charge in [-0.15, -0.1) is 0 Å². The molecule has 0 saturated carbocycles. The van der Waals surface area contributed by atoms with Gasteiger partial charge in [-0.2, -0.15) is 0 Å². The van der Waals surface area contributed by atoms with Crippen LogP contribution >= 0.6 is 0 Å². The van der Waals surface area contributed by atoms with Crippen LogP contribution in [0.15, 0.2) is 86.9 Å². The Morgan fingerprint density at radius 1 is 1.03 bits per heavy atom. The summed E-state index contributed by atoms with van der Waals surface area (Å²) < 4.78 is 8.12. The minimum absolute atomic E-state index is 0.212. The molecule has 2 aromatic carbocycles. The maximum Gasteiger partial charge on any atom is 0.331 e. The molecule has 0 aliphatic rings. The highest BCUT2D eigenvalue weighted by molar-refractivity contribution is 5.79. The van der Waals surface area contributed by atoms with E-state index in [0.717, 1.165) is 21.1 Å². The van der Waals surface area contributed by atoms with Crippen molar-refractivity contribution < 1.29 is 9.21 Å². The van der Waals surface area contributed by atoms with Crippen molar-refractivity contribution >= 4 is 16.9 Å². The summed E-state index contributed by atoms with van der Waals surface area (Å²) in [6, 6.07) is 19.7. The lowest BCUT2D eigenvalue weighted by atomic mass is 10.0. The lowest BCUT2D eigenvalue weighted by molar-refractivity contribution is -0.122. The Labute approximate surface area is 165 Å². The molecule has 0 fully saturated rings. The van der Waals surface area contributed by atoms with Gasteiger partial charge in [-0.25, -0.2) is 4.79 Å². The lowest BCUT2D eigenvalue weighted by Gasteiger charge is -2.17. The van der Waals surface area contributed by atoms with Crippen molar-refractivity contribution in [3.8, 4) is 0 Å². The van der Waals surface area contributed by atoms with Gasteiger partial charge in [0.1, 0.15) is 23.9 Å². The van der Waals surface area contributed by atoms with Crippen molar-refractivity contribution in [1.29, 1.82) is 0 Å². The highest BCUT2D eigenvalue weighted by atomic mass is 16.3. The Bertz CT molecular complexity index is 1250. The van der Waals surface area contributed by atoms with E-state index in [1.807, 2.05) is 60.7 Å². The number of hydrogen-bond donors (Lipinski definition) is 1. The molecule has 0 bridgehead atoms. The molecule has 4 aromatic rings. The first-order chi connectivity index (χ1) is 14.0. The second-order valence-corrected chi connectivity index (χ2v) is 6.72. The molecule has 4 rings (SSSR count). The number of nitrogens with zero attached hydrogens (tertiary/aromatic N) is 2. The number of benzene rings is 2. The molecule has 0 spiro atoms. The molecule has 0 radical (unpaired) electrons. The molecule has 146 valence electrons. The van der Waals surface area contributed by atoms with Crippen molar-refractivity contribution in [2.45, 2.75) is 12.6 Å². The molecule has 1 atom stereocenters. The number of hydrogen-bond acceptors (Lipinski definition) is 4. The summed E-state index contributed by atoms with van der Waals surface area (Å²) >= 11 is 0. The highest BCUT2D eigenvalue weighted by Gasteiger charge is 2.21. The van der Waals surface area contributed by atoms with E-state index in [4.69, 9.17) is 4.42 Å². The molecule has 7 heteroatoms. The third-order valence-corrected chi connectivity index (χ3v) is 4.74. The fraction of sp³-hybridized carbons (Fsp3) is 0.136. The quantitative estimate of drug-likeness (QED) is 0.567. The number of para-hydroxylation sites is 1. The van der Waals surface area contributed by atoms with Crippen molar-refractivity contribution in [2.24, 2.45) is 7.05 Å². The molecule has 0 aliphatic carbocycles. The number of amides is 1. The minimum Gasteiger partial charge on any atom is -0.459 e. The van der Waals surface area contributed by atoms with Crippen LogP contribution in [-0.4, -0.2) is 15.0 Å². The Morgan fingerprint density at radius 2 is 1.76 bits per heavy atom. The molecular weight excluding hydrogens is 370 g/mol. The molecule has 0 saturated heterocycles. The third-order valence-electron chi connectivity index (χ3n) is 4.74. The van der Waals surface area contributed by atoms with E-state index in [0.29, 0.717) is 5.76 Å². The van der Waals surface area contributed by atoms with Crippen LogP contribution in [0.5, 0.6) is 0 Å². The maximum atomic E-state index is 12.7. The number of fused-ring (bicyclic) bond motifs is 1. The van der Waals surface area contributed by atoms with E-state index in [9.17, 15) is 14.4 Å². The van der Waals surface area contributed by atoms with Crippen LogP contribution in [0.25, 0.3) is 11.0 Å². The maximum absolute atomic E-state index is 12.7. The molecule has 1 unspecified atom stereocenters. The van der Waals surface area contributed by atoms with Crippen LogP contribution in [0, 0.1) is 0 Å². The van der Waals surface area contributed by atoms with Gasteiger partial charge in [0.2, 0.25) is 5.91 Å². The Balaban J connectivity index is 1.65. The third kappa shape index (κ3) is 3.75. The smallest absolute Gasteiger partial charge is 0.331 e. The van der Waals surface area contributed by atoms with Crippen LogP contribution in [0.1, 0.15) is 17.4 Å². The molecule has 2 aromatic heterocycles. The predicted octanol–water partition coefficient (Wildman–Crippen LogP) is 2.20. The van der Waals surface area contributed by atoms with E-state index in [-0.39, 0.29) is 12.5 Å². The van der Waals surface area contributed by atoms with Gasteiger partial charge in [0.15, 0.2) is 0 Å². The SMILES string of the molecule is Cn1c(=O)ccn(CC(=O)NC(c2ccccc2)c2cc3ccccc3o2)c1=O. The first-order valence-corrected chi connectivity index (χ1v) is 9.12. The lowest BCUT2D eigenvalue weighted by Crippen LogP contribution is -2.41. The average molecular weight is 389 g/mol. The van der Waals surface area contributed by atoms with Crippen LogP contribution in [0.4, 0.5) is 0 Å². The van der Waals surface area contributed by atoms with Crippen molar-refractivity contribution in [2.75, 3.05) is 0 Å². The van der Waals surface area contributed by atoms with Gasteiger partial charge in [0, 0.05) is 24.7 Å². The minimum atomic E-state index is -0.548. The van der Waals surface area contributed by atoms with Crippen molar-refractivity contribution in [1.82, 2.24) is 14.5 Å². The number of furan rings is 1. The molecule has 7 nitrogen and oxygen atoms in total. The van der Waals surface area contributed by atoms with Gasteiger partial charge in [-0.05, 0) is 17.7 Å². The zero-order valence-electron chi connectivity index (χ0n) is 15.7. The zero-order chi connectivity index (χ0) is 20.4. The molecule has 2 heterocycles. The number of rotatable bonds is 5. The molecule has 29 heavy (non-hydrogen) atoms. The van der Waals surface area contributed by atoms with Crippen LogP contribution in [-0.2, 0) is 18.4 Å². The molecule has 0 aliphatic heterocycles. The highest BCUT2D eigenvalue weighted by Crippen LogP contribution is 2.28. The summed E-state index contributed by atoms with van der Waals surface area (Å²) in [5.74, 6) is 0.221. The summed E-state index contributed by atoms with van der Waals surface area (Å²) in [4.78, 5) is 36.5. The van der Waals surface area contributed by atoms with Gasteiger partial charge in [-0.1, -0.05) is 48.5 Å². The van der Waals surface area contributed by atoms with Crippen LogP contribution < -0.4 is 16.6 Å². The molecular formula is C22H19N3O4. The molecule has 1 N–H and O–H groups in total. The summed E-state index contributed by atoms with van der Waals surface area (Å²) in [6.07, 6.45) is 1.32. The average Bonchev–Trinajstić information content (AvgIpc) is 3.17. The number of nitrogens with one attached hydrogen (secondary N) is 1.